The predicted octanol–water partition coefficient (Wildman–Crippen LogP) is 5.29. The van der Waals surface area contributed by atoms with Gasteiger partial charge in [-0.15, -0.1) is 0 Å². The Balaban J connectivity index is 1.63. The van der Waals surface area contributed by atoms with E-state index in [1.165, 1.54) is 11.6 Å². The van der Waals surface area contributed by atoms with Gasteiger partial charge in [-0.2, -0.15) is 13.2 Å². The van der Waals surface area contributed by atoms with Gasteiger partial charge in [0.1, 0.15) is 5.60 Å². The van der Waals surface area contributed by atoms with Crippen molar-refractivity contribution < 1.29 is 22.7 Å². The van der Waals surface area contributed by atoms with Gasteiger partial charge in [0.05, 0.1) is 5.56 Å². The number of hydrogen-bond donors (Lipinski definition) is 0. The molecule has 0 bridgehead atoms. The third kappa shape index (κ3) is 4.22. The van der Waals surface area contributed by atoms with E-state index < -0.39 is 17.3 Å². The molecule has 0 atom stereocenters. The number of piperidine rings is 1. The van der Waals surface area contributed by atoms with Crippen LogP contribution in [0, 0.1) is 5.92 Å². The molecule has 0 N–H and O–H groups in total. The van der Waals surface area contributed by atoms with E-state index in [1.807, 2.05) is 26.8 Å². The van der Waals surface area contributed by atoms with Crippen LogP contribution in [0.4, 0.5) is 18.0 Å². The van der Waals surface area contributed by atoms with E-state index in [0.717, 1.165) is 24.5 Å². The molecule has 0 radical (unpaired) electrons. The Kier molecular flexibility index (Phi) is 4.80. The van der Waals surface area contributed by atoms with Crippen LogP contribution in [0.1, 0.15) is 50.3 Å². The largest absolute Gasteiger partial charge is 0.444 e. The third-order valence-corrected chi connectivity index (χ3v) is 4.88. The minimum atomic E-state index is -4.32. The van der Waals surface area contributed by atoms with E-state index in [4.69, 9.17) is 4.74 Å². The van der Waals surface area contributed by atoms with Crippen LogP contribution in [0.3, 0.4) is 0 Å². The van der Waals surface area contributed by atoms with E-state index in [9.17, 15) is 18.0 Å². The van der Waals surface area contributed by atoms with Crippen molar-refractivity contribution in [2.75, 3.05) is 13.1 Å². The highest BCUT2D eigenvalue weighted by Gasteiger charge is 2.33. The van der Waals surface area contributed by atoms with Crippen molar-refractivity contribution in [1.82, 2.24) is 4.90 Å². The Bertz CT molecular complexity index is 724. The van der Waals surface area contributed by atoms with Crippen LogP contribution in [0.15, 0.2) is 23.8 Å². The summed E-state index contributed by atoms with van der Waals surface area (Å²) in [5.41, 5.74) is 1.67. The quantitative estimate of drug-likeness (QED) is 0.675. The van der Waals surface area contributed by atoms with E-state index >= 15 is 0 Å². The smallest absolute Gasteiger partial charge is 0.416 e. The van der Waals surface area contributed by atoms with E-state index in [0.29, 0.717) is 31.0 Å². The Morgan fingerprint density at radius 1 is 1.15 bits per heavy atom. The molecule has 1 aliphatic heterocycles. The molecule has 1 heterocycles. The number of benzene rings is 1. The van der Waals surface area contributed by atoms with E-state index in [2.05, 4.69) is 0 Å². The maximum atomic E-state index is 12.9. The highest BCUT2D eigenvalue weighted by Crippen LogP contribution is 2.38. The molecule has 3 rings (SSSR count). The zero-order valence-corrected chi connectivity index (χ0v) is 15.3. The highest BCUT2D eigenvalue weighted by atomic mass is 19.4. The van der Waals surface area contributed by atoms with Crippen LogP contribution in [0.25, 0.3) is 6.08 Å². The standard InChI is InChI=1S/C20H24F3NO2/c1-19(2,3)26-18(25)24-8-6-13(7-9-24)15-10-14-4-5-17(20(21,22)23)12-16(14)11-15/h4-5,11-13H,6-10H2,1-3H3. The van der Waals surface area contributed by atoms with Gasteiger partial charge in [-0.1, -0.05) is 17.7 Å². The van der Waals surface area contributed by atoms with Gasteiger partial charge in [-0.05, 0) is 69.2 Å². The summed E-state index contributed by atoms with van der Waals surface area (Å²) in [6.07, 6.45) is -0.390. The van der Waals surface area contributed by atoms with Crippen LogP contribution in [0.5, 0.6) is 0 Å². The van der Waals surface area contributed by atoms with Crippen molar-refractivity contribution in [3.63, 3.8) is 0 Å². The van der Waals surface area contributed by atoms with Gasteiger partial charge in [0.15, 0.2) is 0 Å². The number of carbonyl (C=O) groups excluding carboxylic acids is 1. The maximum Gasteiger partial charge on any atom is 0.416 e. The van der Waals surface area contributed by atoms with Gasteiger partial charge in [0.25, 0.3) is 0 Å². The molecule has 26 heavy (non-hydrogen) atoms. The molecule has 1 aromatic carbocycles. The lowest BCUT2D eigenvalue weighted by Gasteiger charge is -2.34. The fraction of sp³-hybridized carbons (Fsp3) is 0.550. The molecule has 1 aliphatic carbocycles. The maximum absolute atomic E-state index is 12.9. The first-order valence-electron chi connectivity index (χ1n) is 8.91. The third-order valence-electron chi connectivity index (χ3n) is 4.88. The van der Waals surface area contributed by atoms with Gasteiger partial charge in [0.2, 0.25) is 0 Å². The van der Waals surface area contributed by atoms with Crippen molar-refractivity contribution in [2.24, 2.45) is 5.92 Å². The molecule has 1 amide bonds. The van der Waals surface area contributed by atoms with E-state index in [1.54, 1.807) is 11.0 Å². The summed E-state index contributed by atoms with van der Waals surface area (Å²) in [6.45, 7) is 6.75. The van der Waals surface area contributed by atoms with Gasteiger partial charge >= 0.3 is 12.3 Å². The van der Waals surface area contributed by atoms with Crippen LogP contribution in [-0.4, -0.2) is 29.7 Å². The molecule has 1 saturated heterocycles. The molecule has 1 fully saturated rings. The first-order valence-corrected chi connectivity index (χ1v) is 8.91. The number of rotatable bonds is 1. The Hall–Kier alpha value is -1.98. The summed E-state index contributed by atoms with van der Waals surface area (Å²) in [5, 5.41) is 0. The molecule has 142 valence electrons. The van der Waals surface area contributed by atoms with Crippen molar-refractivity contribution in [2.45, 2.75) is 51.8 Å². The summed E-state index contributed by atoms with van der Waals surface area (Å²) < 4.78 is 44.0. The summed E-state index contributed by atoms with van der Waals surface area (Å²) in [5.74, 6) is 0.301. The zero-order chi connectivity index (χ0) is 19.1. The number of ether oxygens (including phenoxy) is 1. The molecule has 2 aliphatic rings. The van der Waals surface area contributed by atoms with Gasteiger partial charge in [-0.25, -0.2) is 4.79 Å². The molecule has 1 aromatic rings. The van der Waals surface area contributed by atoms with Crippen molar-refractivity contribution in [1.29, 1.82) is 0 Å². The second-order valence-electron chi connectivity index (χ2n) is 8.05. The minimum absolute atomic E-state index is 0.297. The lowest BCUT2D eigenvalue weighted by atomic mass is 9.88. The number of fused-ring (bicyclic) bond motifs is 1. The van der Waals surface area contributed by atoms with Crippen LogP contribution in [0.2, 0.25) is 0 Å². The Labute approximate surface area is 151 Å². The van der Waals surface area contributed by atoms with Gasteiger partial charge in [0, 0.05) is 13.1 Å². The van der Waals surface area contributed by atoms with Crippen LogP contribution in [-0.2, 0) is 17.3 Å². The Morgan fingerprint density at radius 3 is 2.38 bits per heavy atom. The number of amides is 1. The first kappa shape index (κ1) is 18.8. The average molecular weight is 367 g/mol. The van der Waals surface area contributed by atoms with Crippen LogP contribution >= 0.6 is 0 Å². The fourth-order valence-corrected chi connectivity index (χ4v) is 3.56. The molecular weight excluding hydrogens is 343 g/mol. The molecule has 0 saturated carbocycles. The van der Waals surface area contributed by atoms with Gasteiger partial charge < -0.3 is 9.64 Å². The second-order valence-corrected chi connectivity index (χ2v) is 8.05. The predicted molar refractivity (Wildman–Crippen MR) is 93.7 cm³/mol. The average Bonchev–Trinajstić information content (AvgIpc) is 2.95. The normalized spacial score (nSPS) is 18.5. The highest BCUT2D eigenvalue weighted by molar-refractivity contribution is 5.68. The number of nitrogens with zero attached hydrogens (tertiary/aromatic N) is 1. The lowest BCUT2D eigenvalue weighted by Crippen LogP contribution is -2.42. The molecule has 0 spiro atoms. The van der Waals surface area contributed by atoms with Crippen molar-refractivity contribution in [3.05, 3.63) is 40.5 Å². The van der Waals surface area contributed by atoms with E-state index in [-0.39, 0.29) is 6.09 Å². The summed E-state index contributed by atoms with van der Waals surface area (Å²) in [7, 11) is 0. The fourth-order valence-electron chi connectivity index (χ4n) is 3.56. The number of alkyl halides is 3. The van der Waals surface area contributed by atoms with Crippen molar-refractivity contribution >= 4 is 12.2 Å². The SMILES string of the molecule is CC(C)(C)OC(=O)N1CCC(C2=Cc3cc(C(F)(F)F)ccc3C2)CC1. The number of halogens is 3. The molecule has 6 heteroatoms. The molecular formula is C20H24F3NO2. The van der Waals surface area contributed by atoms with Crippen LogP contribution < -0.4 is 0 Å². The topological polar surface area (TPSA) is 29.5 Å². The molecule has 0 aromatic heterocycles. The molecule has 3 nitrogen and oxygen atoms in total. The number of hydrogen-bond acceptors (Lipinski definition) is 2. The Morgan fingerprint density at radius 2 is 1.81 bits per heavy atom. The number of allylic oxidation sites excluding steroid dienone is 1. The zero-order valence-electron chi connectivity index (χ0n) is 15.3. The summed E-state index contributed by atoms with van der Waals surface area (Å²) in [4.78, 5) is 13.8. The molecule has 0 unspecified atom stereocenters. The second kappa shape index (κ2) is 6.63. The van der Waals surface area contributed by atoms with Crippen molar-refractivity contribution in [3.8, 4) is 0 Å². The summed E-state index contributed by atoms with van der Waals surface area (Å²) in [6, 6.07) is 3.97. The lowest BCUT2D eigenvalue weighted by molar-refractivity contribution is -0.137. The number of carbonyl (C=O) groups is 1. The number of likely N-dealkylation sites (tertiary alicyclic amines) is 1. The minimum Gasteiger partial charge on any atom is -0.444 e. The monoisotopic (exact) mass is 367 g/mol. The first-order chi connectivity index (χ1) is 12.0. The van der Waals surface area contributed by atoms with Gasteiger partial charge in [-0.3, -0.25) is 0 Å². The summed E-state index contributed by atoms with van der Waals surface area (Å²) >= 11 is 0.